The lowest BCUT2D eigenvalue weighted by atomic mass is 9.99. The average molecular weight is 320 g/mol. The fraction of sp³-hybridized carbons (Fsp3) is 0.500. The van der Waals surface area contributed by atoms with E-state index in [1.807, 2.05) is 18.2 Å². The van der Waals surface area contributed by atoms with Crippen molar-refractivity contribution in [2.24, 2.45) is 11.7 Å². The van der Waals surface area contributed by atoms with Gasteiger partial charge in [-0.2, -0.15) is 0 Å². The topological polar surface area (TPSA) is 47.3 Å². The number of nitrogens with one attached hydrogen (secondary N) is 1. The minimum Gasteiger partial charge on any atom is -0.381 e. The van der Waals surface area contributed by atoms with E-state index in [2.05, 4.69) is 21.2 Å². The molecule has 2 unspecified atom stereocenters. The highest BCUT2D eigenvalue weighted by molar-refractivity contribution is 9.10. The molecule has 17 heavy (non-hydrogen) atoms. The smallest absolute Gasteiger partial charge is 0.0568 e. The van der Waals surface area contributed by atoms with Gasteiger partial charge in [0.15, 0.2) is 0 Å². The van der Waals surface area contributed by atoms with Crippen LogP contribution in [0.15, 0.2) is 22.7 Å². The van der Waals surface area contributed by atoms with Gasteiger partial charge >= 0.3 is 0 Å². The van der Waals surface area contributed by atoms with E-state index < -0.39 is 0 Å². The highest BCUT2D eigenvalue weighted by atomic mass is 79.9. The number of hydrogen-bond acceptors (Lipinski definition) is 3. The van der Waals surface area contributed by atoms with E-state index in [9.17, 15) is 0 Å². The molecule has 0 amide bonds. The summed E-state index contributed by atoms with van der Waals surface area (Å²) in [7, 11) is 0. The summed E-state index contributed by atoms with van der Waals surface area (Å²) in [6.45, 7) is 2.23. The summed E-state index contributed by atoms with van der Waals surface area (Å²) < 4.78 is 6.29. The molecule has 0 aliphatic carbocycles. The Kier molecular flexibility index (Phi) is 4.68. The van der Waals surface area contributed by atoms with Crippen LogP contribution in [-0.4, -0.2) is 25.8 Å². The second-order valence-corrected chi connectivity index (χ2v) is 5.50. The van der Waals surface area contributed by atoms with Gasteiger partial charge in [0.2, 0.25) is 0 Å². The summed E-state index contributed by atoms with van der Waals surface area (Å²) in [5, 5.41) is 4.13. The zero-order valence-corrected chi connectivity index (χ0v) is 11.8. The SMILES string of the molecule is NCC(Nc1ccc(Br)c(Cl)c1)C1CCOC1. The van der Waals surface area contributed by atoms with Crippen LogP contribution in [0.3, 0.4) is 0 Å². The van der Waals surface area contributed by atoms with Gasteiger partial charge in [-0.25, -0.2) is 0 Å². The third kappa shape index (κ3) is 3.35. The molecule has 0 bridgehead atoms. The summed E-state index contributed by atoms with van der Waals surface area (Å²) >= 11 is 9.43. The zero-order chi connectivity index (χ0) is 12.3. The molecule has 1 fully saturated rings. The summed E-state index contributed by atoms with van der Waals surface area (Å²) in [6, 6.07) is 6.08. The van der Waals surface area contributed by atoms with Crippen LogP contribution >= 0.6 is 27.5 Å². The van der Waals surface area contributed by atoms with Gasteiger partial charge in [0.1, 0.15) is 0 Å². The number of rotatable bonds is 4. The van der Waals surface area contributed by atoms with Gasteiger partial charge in [-0.1, -0.05) is 11.6 Å². The summed E-state index contributed by atoms with van der Waals surface area (Å²) in [5.41, 5.74) is 6.81. The second-order valence-electron chi connectivity index (χ2n) is 4.24. The number of ether oxygens (including phenoxy) is 1. The Bertz CT molecular complexity index is 383. The van der Waals surface area contributed by atoms with E-state index in [0.717, 1.165) is 29.8 Å². The summed E-state index contributed by atoms with van der Waals surface area (Å²) in [6.07, 6.45) is 1.07. The molecule has 5 heteroatoms. The third-order valence-electron chi connectivity index (χ3n) is 3.06. The van der Waals surface area contributed by atoms with Crippen molar-refractivity contribution in [1.82, 2.24) is 0 Å². The molecule has 2 rings (SSSR count). The number of nitrogens with two attached hydrogens (primary N) is 1. The first-order valence-corrected chi connectivity index (χ1v) is 6.87. The van der Waals surface area contributed by atoms with E-state index in [1.54, 1.807) is 0 Å². The number of hydrogen-bond donors (Lipinski definition) is 2. The maximum atomic E-state index is 6.06. The Hall–Kier alpha value is -0.290. The molecule has 1 aliphatic rings. The first kappa shape index (κ1) is 13.1. The van der Waals surface area contributed by atoms with Crippen LogP contribution < -0.4 is 11.1 Å². The largest absolute Gasteiger partial charge is 0.381 e. The Morgan fingerprint density at radius 1 is 1.59 bits per heavy atom. The lowest BCUT2D eigenvalue weighted by Crippen LogP contribution is -2.36. The van der Waals surface area contributed by atoms with Gasteiger partial charge in [0.05, 0.1) is 11.6 Å². The molecule has 0 spiro atoms. The van der Waals surface area contributed by atoms with Crippen molar-refractivity contribution in [1.29, 1.82) is 0 Å². The highest BCUT2D eigenvalue weighted by Gasteiger charge is 2.24. The molecule has 3 N–H and O–H groups in total. The van der Waals surface area contributed by atoms with Crippen molar-refractivity contribution in [2.75, 3.05) is 25.1 Å². The van der Waals surface area contributed by atoms with Crippen molar-refractivity contribution >= 4 is 33.2 Å². The van der Waals surface area contributed by atoms with Gasteiger partial charge < -0.3 is 15.8 Å². The van der Waals surface area contributed by atoms with Crippen LogP contribution in [0.25, 0.3) is 0 Å². The summed E-state index contributed by atoms with van der Waals surface area (Å²) in [5.74, 6) is 0.488. The van der Waals surface area contributed by atoms with E-state index in [0.29, 0.717) is 17.5 Å². The first-order chi connectivity index (χ1) is 8.20. The van der Waals surface area contributed by atoms with E-state index >= 15 is 0 Å². The molecule has 1 aromatic rings. The lowest BCUT2D eigenvalue weighted by molar-refractivity contribution is 0.182. The number of benzene rings is 1. The molecule has 1 heterocycles. The number of halogens is 2. The van der Waals surface area contributed by atoms with Gasteiger partial charge in [0, 0.05) is 35.3 Å². The van der Waals surface area contributed by atoms with Crippen LogP contribution in [0.5, 0.6) is 0 Å². The van der Waals surface area contributed by atoms with Crippen LogP contribution in [0.2, 0.25) is 5.02 Å². The minimum atomic E-state index is 0.245. The van der Waals surface area contributed by atoms with Gasteiger partial charge in [0.25, 0.3) is 0 Å². The lowest BCUT2D eigenvalue weighted by Gasteiger charge is -2.23. The Labute approximate surface area is 115 Å². The van der Waals surface area contributed by atoms with E-state index in [4.69, 9.17) is 22.1 Å². The predicted octanol–water partition coefficient (Wildman–Crippen LogP) is 2.88. The standard InChI is InChI=1S/C12H16BrClN2O/c13-10-2-1-9(5-11(10)14)16-12(6-15)8-3-4-17-7-8/h1-2,5,8,12,16H,3-4,6-7,15H2. The molecular weight excluding hydrogens is 304 g/mol. The molecule has 0 aromatic heterocycles. The molecule has 2 atom stereocenters. The molecule has 1 saturated heterocycles. The van der Waals surface area contributed by atoms with Crippen LogP contribution in [0.4, 0.5) is 5.69 Å². The normalized spacial score (nSPS) is 21.5. The van der Waals surface area contributed by atoms with Crippen molar-refractivity contribution in [2.45, 2.75) is 12.5 Å². The molecule has 94 valence electrons. The first-order valence-electron chi connectivity index (χ1n) is 5.70. The zero-order valence-electron chi connectivity index (χ0n) is 9.46. The van der Waals surface area contributed by atoms with Crippen LogP contribution in [0.1, 0.15) is 6.42 Å². The maximum absolute atomic E-state index is 6.06. The molecule has 0 saturated carbocycles. The fourth-order valence-corrected chi connectivity index (χ4v) is 2.47. The van der Waals surface area contributed by atoms with Gasteiger partial charge in [-0.05, 0) is 40.5 Å². The maximum Gasteiger partial charge on any atom is 0.0568 e. The van der Waals surface area contributed by atoms with E-state index in [1.165, 1.54) is 0 Å². The second kappa shape index (κ2) is 6.05. The van der Waals surface area contributed by atoms with Crippen LogP contribution in [0, 0.1) is 5.92 Å². The van der Waals surface area contributed by atoms with Crippen molar-refractivity contribution in [3.8, 4) is 0 Å². The molecule has 1 aromatic carbocycles. The highest BCUT2D eigenvalue weighted by Crippen LogP contribution is 2.27. The molecule has 1 aliphatic heterocycles. The number of anilines is 1. The Balaban J connectivity index is 2.04. The Morgan fingerprint density at radius 3 is 3.00 bits per heavy atom. The van der Waals surface area contributed by atoms with E-state index in [-0.39, 0.29) is 6.04 Å². The predicted molar refractivity (Wildman–Crippen MR) is 74.5 cm³/mol. The quantitative estimate of drug-likeness (QED) is 0.897. The monoisotopic (exact) mass is 318 g/mol. The van der Waals surface area contributed by atoms with Crippen molar-refractivity contribution in [3.05, 3.63) is 27.7 Å². The fourth-order valence-electron chi connectivity index (χ4n) is 2.04. The average Bonchev–Trinajstić information content (AvgIpc) is 2.84. The molecule has 3 nitrogen and oxygen atoms in total. The van der Waals surface area contributed by atoms with Crippen molar-refractivity contribution < 1.29 is 4.74 Å². The van der Waals surface area contributed by atoms with Crippen molar-refractivity contribution in [3.63, 3.8) is 0 Å². The third-order valence-corrected chi connectivity index (χ3v) is 4.29. The van der Waals surface area contributed by atoms with Gasteiger partial charge in [-0.3, -0.25) is 0 Å². The molecular formula is C12H16BrClN2O. The molecule has 0 radical (unpaired) electrons. The Morgan fingerprint density at radius 2 is 2.41 bits per heavy atom. The summed E-state index contributed by atoms with van der Waals surface area (Å²) in [4.78, 5) is 0. The van der Waals surface area contributed by atoms with Gasteiger partial charge in [-0.15, -0.1) is 0 Å². The minimum absolute atomic E-state index is 0.245. The van der Waals surface area contributed by atoms with Crippen LogP contribution in [-0.2, 0) is 4.74 Å².